The molecule has 1 aliphatic carbocycles. The number of carbonyl (C=O) groups is 1. The van der Waals surface area contributed by atoms with Crippen molar-refractivity contribution in [2.75, 3.05) is 5.32 Å². The molecule has 0 saturated heterocycles. The fraction of sp³-hybridized carbons (Fsp3) is 0.312. The molecule has 1 fully saturated rings. The minimum atomic E-state index is -0.287. The highest BCUT2D eigenvalue weighted by Crippen LogP contribution is 2.34. The number of carbonyl (C=O) groups excluding carboxylic acids is 1. The molecule has 7 nitrogen and oxygen atoms in total. The summed E-state index contributed by atoms with van der Waals surface area (Å²) in [6.07, 6.45) is 9.88. The summed E-state index contributed by atoms with van der Waals surface area (Å²) in [5, 5.41) is 3.33. The van der Waals surface area contributed by atoms with Gasteiger partial charge in [-0.25, -0.2) is 24.7 Å². The molecule has 1 saturated carbocycles. The number of hydrogen-bond acceptors (Lipinski definition) is 6. The molecule has 1 amide bonds. The van der Waals surface area contributed by atoms with Gasteiger partial charge in [0, 0.05) is 25.0 Å². The predicted octanol–water partition coefficient (Wildman–Crippen LogP) is 3.14. The first kappa shape index (κ1) is 14.9. The quantitative estimate of drug-likeness (QED) is 0.788. The van der Waals surface area contributed by atoms with Gasteiger partial charge in [-0.1, -0.05) is 11.3 Å². The monoisotopic (exact) mass is 340 g/mol. The standard InChI is InChI=1S/C16H16N6OS/c1-10-14(12-4-5-18-13(20-12)8-11-2-3-11)24-15(19-10)21-16(23)22-7-6-17-9-22/h4-7,9,11H,2-3,8H2,1H3,(H,19,21,23). The molecule has 0 radical (unpaired) electrons. The molecule has 4 rings (SSSR count). The lowest BCUT2D eigenvalue weighted by Gasteiger charge is -2.02. The van der Waals surface area contributed by atoms with Gasteiger partial charge in [0.1, 0.15) is 12.2 Å². The molecule has 0 bridgehead atoms. The van der Waals surface area contributed by atoms with Gasteiger partial charge in [0.15, 0.2) is 5.13 Å². The largest absolute Gasteiger partial charge is 0.333 e. The summed E-state index contributed by atoms with van der Waals surface area (Å²) in [6.45, 7) is 1.92. The maximum atomic E-state index is 12.1. The second-order valence-electron chi connectivity index (χ2n) is 5.84. The van der Waals surface area contributed by atoms with Crippen molar-refractivity contribution in [3.8, 4) is 10.6 Å². The molecular weight excluding hydrogens is 324 g/mol. The van der Waals surface area contributed by atoms with Crippen molar-refractivity contribution in [3.05, 3.63) is 42.5 Å². The Balaban J connectivity index is 1.55. The van der Waals surface area contributed by atoms with Crippen LogP contribution in [0.4, 0.5) is 9.93 Å². The highest BCUT2D eigenvalue weighted by molar-refractivity contribution is 7.19. The molecule has 1 N–H and O–H groups in total. The smallest absolute Gasteiger partial charge is 0.283 e. The van der Waals surface area contributed by atoms with Crippen molar-refractivity contribution in [3.63, 3.8) is 0 Å². The molecule has 24 heavy (non-hydrogen) atoms. The van der Waals surface area contributed by atoms with E-state index in [9.17, 15) is 4.79 Å². The molecule has 1 aliphatic rings. The fourth-order valence-electron chi connectivity index (χ4n) is 2.43. The lowest BCUT2D eigenvalue weighted by Crippen LogP contribution is -2.17. The van der Waals surface area contributed by atoms with Gasteiger partial charge in [0.2, 0.25) is 0 Å². The van der Waals surface area contributed by atoms with Crippen LogP contribution < -0.4 is 5.32 Å². The first-order chi connectivity index (χ1) is 11.7. The minimum absolute atomic E-state index is 0.287. The van der Waals surface area contributed by atoms with Gasteiger partial charge in [-0.05, 0) is 31.7 Å². The van der Waals surface area contributed by atoms with E-state index in [0.717, 1.165) is 34.4 Å². The van der Waals surface area contributed by atoms with E-state index >= 15 is 0 Å². The van der Waals surface area contributed by atoms with Crippen LogP contribution in [0, 0.1) is 12.8 Å². The van der Waals surface area contributed by atoms with Crippen molar-refractivity contribution in [2.45, 2.75) is 26.2 Å². The molecule has 8 heteroatoms. The number of hydrogen-bond donors (Lipinski definition) is 1. The van der Waals surface area contributed by atoms with Crippen molar-refractivity contribution in [1.82, 2.24) is 24.5 Å². The molecule has 122 valence electrons. The number of amides is 1. The topological polar surface area (TPSA) is 85.6 Å². The number of aryl methyl sites for hydroxylation is 1. The van der Waals surface area contributed by atoms with Gasteiger partial charge in [-0.15, -0.1) is 0 Å². The summed E-state index contributed by atoms with van der Waals surface area (Å²) >= 11 is 1.41. The Morgan fingerprint density at radius 1 is 1.38 bits per heavy atom. The first-order valence-electron chi connectivity index (χ1n) is 7.78. The number of aromatic nitrogens is 5. The van der Waals surface area contributed by atoms with Gasteiger partial charge in [-0.2, -0.15) is 0 Å². The van der Waals surface area contributed by atoms with Gasteiger partial charge in [0.25, 0.3) is 0 Å². The van der Waals surface area contributed by atoms with Crippen LogP contribution in [-0.4, -0.2) is 30.5 Å². The number of thiazole rings is 1. The average molecular weight is 340 g/mol. The Kier molecular flexibility index (Phi) is 3.81. The van der Waals surface area contributed by atoms with E-state index in [2.05, 4.69) is 25.3 Å². The lowest BCUT2D eigenvalue weighted by molar-refractivity contribution is 0.253. The fourth-order valence-corrected chi connectivity index (χ4v) is 3.35. The summed E-state index contributed by atoms with van der Waals surface area (Å²) in [7, 11) is 0. The number of anilines is 1. The molecule has 3 aromatic rings. The van der Waals surface area contributed by atoms with E-state index in [4.69, 9.17) is 0 Å². The molecule has 3 aromatic heterocycles. The summed E-state index contributed by atoms with van der Waals surface area (Å²) in [6, 6.07) is 1.60. The highest BCUT2D eigenvalue weighted by atomic mass is 32.1. The SMILES string of the molecule is Cc1nc(NC(=O)n2ccnc2)sc1-c1ccnc(CC2CC2)n1. The Hall–Kier alpha value is -2.61. The molecule has 3 heterocycles. The number of nitrogens with one attached hydrogen (secondary N) is 1. The first-order valence-corrected chi connectivity index (χ1v) is 8.60. The van der Waals surface area contributed by atoms with E-state index in [1.54, 1.807) is 18.6 Å². The van der Waals surface area contributed by atoms with Crippen molar-refractivity contribution >= 4 is 22.5 Å². The van der Waals surface area contributed by atoms with Gasteiger partial charge < -0.3 is 0 Å². The summed E-state index contributed by atoms with van der Waals surface area (Å²) in [4.78, 5) is 30.3. The van der Waals surface area contributed by atoms with Crippen LogP contribution in [-0.2, 0) is 6.42 Å². The predicted molar refractivity (Wildman–Crippen MR) is 90.9 cm³/mol. The molecule has 0 atom stereocenters. The van der Waals surface area contributed by atoms with E-state index in [1.165, 1.54) is 35.1 Å². The van der Waals surface area contributed by atoms with Gasteiger partial charge in [0.05, 0.1) is 16.3 Å². The average Bonchev–Trinajstić information content (AvgIpc) is 3.08. The normalized spacial score (nSPS) is 13.9. The maximum Gasteiger partial charge on any atom is 0.333 e. The van der Waals surface area contributed by atoms with E-state index < -0.39 is 0 Å². The zero-order chi connectivity index (χ0) is 16.5. The van der Waals surface area contributed by atoms with Crippen molar-refractivity contribution in [2.24, 2.45) is 5.92 Å². The van der Waals surface area contributed by atoms with Crippen LogP contribution in [0.15, 0.2) is 31.0 Å². The van der Waals surface area contributed by atoms with Crippen molar-refractivity contribution in [1.29, 1.82) is 0 Å². The van der Waals surface area contributed by atoms with Crippen LogP contribution in [0.5, 0.6) is 0 Å². The van der Waals surface area contributed by atoms with Crippen molar-refractivity contribution < 1.29 is 4.79 Å². The molecule has 0 spiro atoms. The third-order valence-corrected chi connectivity index (χ3v) is 4.95. The van der Waals surface area contributed by atoms with Crippen LogP contribution in [0.2, 0.25) is 0 Å². The zero-order valence-corrected chi connectivity index (χ0v) is 14.0. The van der Waals surface area contributed by atoms with Crippen LogP contribution >= 0.6 is 11.3 Å². The lowest BCUT2D eigenvalue weighted by atomic mass is 10.2. The van der Waals surface area contributed by atoms with Crippen LogP contribution in [0.25, 0.3) is 10.6 Å². The zero-order valence-electron chi connectivity index (χ0n) is 13.1. The van der Waals surface area contributed by atoms with Gasteiger partial charge in [-0.3, -0.25) is 9.88 Å². The molecule has 0 aliphatic heterocycles. The second-order valence-corrected chi connectivity index (χ2v) is 6.84. The molecular formula is C16H16N6OS. The Morgan fingerprint density at radius 2 is 2.25 bits per heavy atom. The number of imidazole rings is 1. The maximum absolute atomic E-state index is 12.1. The molecule has 0 aromatic carbocycles. The van der Waals surface area contributed by atoms with E-state index in [-0.39, 0.29) is 6.03 Å². The molecule has 0 unspecified atom stereocenters. The second kappa shape index (κ2) is 6.12. The summed E-state index contributed by atoms with van der Waals surface area (Å²) < 4.78 is 1.37. The van der Waals surface area contributed by atoms with E-state index in [0.29, 0.717) is 5.13 Å². The Morgan fingerprint density at radius 3 is 3.00 bits per heavy atom. The van der Waals surface area contributed by atoms with E-state index in [1.807, 2.05) is 13.0 Å². The van der Waals surface area contributed by atoms with Gasteiger partial charge >= 0.3 is 6.03 Å². The summed E-state index contributed by atoms with van der Waals surface area (Å²) in [5.41, 5.74) is 1.70. The number of nitrogens with zero attached hydrogens (tertiary/aromatic N) is 5. The Labute approximate surface area is 142 Å². The third kappa shape index (κ3) is 3.18. The highest BCUT2D eigenvalue weighted by Gasteiger charge is 2.23. The number of rotatable bonds is 4. The van der Waals surface area contributed by atoms with Crippen LogP contribution in [0.1, 0.15) is 24.4 Å². The minimum Gasteiger partial charge on any atom is -0.283 e. The Bertz CT molecular complexity index is 869. The third-order valence-electron chi connectivity index (χ3n) is 3.86. The van der Waals surface area contributed by atoms with Crippen LogP contribution in [0.3, 0.4) is 0 Å². The summed E-state index contributed by atoms with van der Waals surface area (Å²) in [5.74, 6) is 1.62.